The average Bonchev–Trinajstić information content (AvgIpc) is 3.23. The molecule has 1 aromatic carbocycles. The van der Waals surface area contributed by atoms with Gasteiger partial charge in [-0.1, -0.05) is 0 Å². The van der Waals surface area contributed by atoms with Crippen LogP contribution in [0.1, 0.15) is 19.8 Å². The quantitative estimate of drug-likeness (QED) is 0.865. The molecule has 1 aliphatic rings. The van der Waals surface area contributed by atoms with Gasteiger partial charge in [0, 0.05) is 25.3 Å². The average molecular weight is 276 g/mol. The van der Waals surface area contributed by atoms with Crippen LogP contribution in [0.5, 0.6) is 0 Å². The first-order valence-electron chi connectivity index (χ1n) is 6.78. The van der Waals surface area contributed by atoms with E-state index in [9.17, 15) is 9.59 Å². The Morgan fingerprint density at radius 1 is 1.30 bits per heavy atom. The summed E-state index contributed by atoms with van der Waals surface area (Å²) in [5.74, 6) is 0.470. The molecule has 1 fully saturated rings. The van der Waals surface area contributed by atoms with Crippen molar-refractivity contribution in [1.29, 1.82) is 0 Å². The Bertz CT molecular complexity index is 480. The van der Waals surface area contributed by atoms with Gasteiger partial charge in [0.05, 0.1) is 6.61 Å². The number of anilines is 2. The lowest BCUT2D eigenvalue weighted by Crippen LogP contribution is -2.23. The van der Waals surface area contributed by atoms with Crippen LogP contribution in [0.4, 0.5) is 11.4 Å². The summed E-state index contributed by atoms with van der Waals surface area (Å²) in [4.78, 5) is 24.4. The van der Waals surface area contributed by atoms with Crippen LogP contribution in [-0.4, -0.2) is 32.1 Å². The third kappa shape index (κ3) is 4.35. The minimum Gasteiger partial charge on any atom is -0.371 e. The second-order valence-corrected chi connectivity index (χ2v) is 5.13. The van der Waals surface area contributed by atoms with E-state index in [1.54, 1.807) is 36.2 Å². The third-order valence-corrected chi connectivity index (χ3v) is 3.29. The van der Waals surface area contributed by atoms with Gasteiger partial charge in [0.2, 0.25) is 11.8 Å². The van der Waals surface area contributed by atoms with Gasteiger partial charge in [-0.2, -0.15) is 0 Å². The van der Waals surface area contributed by atoms with Gasteiger partial charge in [-0.25, -0.2) is 0 Å². The van der Waals surface area contributed by atoms with Crippen LogP contribution in [0, 0.1) is 5.92 Å². The van der Waals surface area contributed by atoms with Crippen LogP contribution in [0.25, 0.3) is 0 Å². The second kappa shape index (κ2) is 6.52. The van der Waals surface area contributed by atoms with Crippen LogP contribution < -0.4 is 10.2 Å². The predicted molar refractivity (Wildman–Crippen MR) is 77.7 cm³/mol. The van der Waals surface area contributed by atoms with E-state index in [0.29, 0.717) is 18.2 Å². The number of hydrogen-bond donors (Lipinski definition) is 1. The van der Waals surface area contributed by atoms with Crippen molar-refractivity contribution in [3.63, 3.8) is 0 Å². The molecule has 1 aliphatic carbocycles. The van der Waals surface area contributed by atoms with Gasteiger partial charge < -0.3 is 15.0 Å². The van der Waals surface area contributed by atoms with Gasteiger partial charge in [0.15, 0.2) is 0 Å². The van der Waals surface area contributed by atoms with Crippen molar-refractivity contribution >= 4 is 23.2 Å². The fourth-order valence-corrected chi connectivity index (χ4v) is 1.75. The molecule has 1 aromatic rings. The number of ether oxygens (including phenoxy) is 1. The first-order valence-corrected chi connectivity index (χ1v) is 6.78. The Labute approximate surface area is 118 Å². The molecule has 0 atom stereocenters. The Morgan fingerprint density at radius 2 is 1.95 bits per heavy atom. The zero-order chi connectivity index (χ0) is 14.5. The van der Waals surface area contributed by atoms with Crippen molar-refractivity contribution in [2.45, 2.75) is 19.8 Å². The van der Waals surface area contributed by atoms with Gasteiger partial charge in [-0.05, 0) is 43.0 Å². The maximum Gasteiger partial charge on any atom is 0.250 e. The van der Waals surface area contributed by atoms with Crippen LogP contribution >= 0.6 is 0 Å². The molecule has 1 saturated carbocycles. The number of nitrogens with one attached hydrogen (secondary N) is 1. The zero-order valence-corrected chi connectivity index (χ0v) is 11.9. The molecule has 0 aliphatic heterocycles. The first kappa shape index (κ1) is 14.5. The van der Waals surface area contributed by atoms with Gasteiger partial charge in [-0.3, -0.25) is 9.59 Å². The molecule has 0 aromatic heterocycles. The topological polar surface area (TPSA) is 58.6 Å². The van der Waals surface area contributed by atoms with Crippen molar-refractivity contribution < 1.29 is 14.3 Å². The molecule has 20 heavy (non-hydrogen) atoms. The fourth-order valence-electron chi connectivity index (χ4n) is 1.75. The first-order chi connectivity index (χ1) is 9.56. The molecule has 2 rings (SSSR count). The Morgan fingerprint density at radius 3 is 2.50 bits per heavy atom. The molecule has 0 bridgehead atoms. The fraction of sp³-hybridized carbons (Fsp3) is 0.467. The van der Waals surface area contributed by atoms with E-state index in [0.717, 1.165) is 5.69 Å². The normalized spacial score (nSPS) is 13.9. The maximum atomic E-state index is 11.6. The van der Waals surface area contributed by atoms with Crippen molar-refractivity contribution in [3.8, 4) is 0 Å². The van der Waals surface area contributed by atoms with Crippen molar-refractivity contribution in [2.24, 2.45) is 5.92 Å². The minimum atomic E-state index is -0.154. The summed E-state index contributed by atoms with van der Waals surface area (Å²) < 4.78 is 5.32. The Kier molecular flexibility index (Phi) is 4.74. The minimum absolute atomic E-state index is 0.0322. The maximum absolute atomic E-state index is 11.6. The van der Waals surface area contributed by atoms with E-state index in [1.807, 2.05) is 0 Å². The number of rotatable bonds is 6. The number of carbonyl (C=O) groups excluding carboxylic acids is 2. The molecule has 1 N–H and O–H groups in total. The molecule has 108 valence electrons. The predicted octanol–water partition coefficient (Wildman–Crippen LogP) is 2.03. The summed E-state index contributed by atoms with van der Waals surface area (Å²) in [5, 5.41) is 2.76. The largest absolute Gasteiger partial charge is 0.371 e. The Hall–Kier alpha value is -1.88. The van der Waals surface area contributed by atoms with Crippen LogP contribution in [0.15, 0.2) is 24.3 Å². The molecule has 0 heterocycles. The van der Waals surface area contributed by atoms with Gasteiger partial charge in [0.25, 0.3) is 0 Å². The summed E-state index contributed by atoms with van der Waals surface area (Å²) in [6.45, 7) is 2.27. The molecule has 5 nitrogen and oxygen atoms in total. The highest BCUT2D eigenvalue weighted by Gasteiger charge is 2.21. The summed E-state index contributed by atoms with van der Waals surface area (Å²) in [6.07, 6.45) is 2.43. The molecule has 5 heteroatoms. The van der Waals surface area contributed by atoms with Crippen LogP contribution in [0.2, 0.25) is 0 Å². The smallest absolute Gasteiger partial charge is 0.250 e. The summed E-state index contributed by atoms with van der Waals surface area (Å²) in [5.41, 5.74) is 1.49. The number of benzene rings is 1. The lowest BCUT2D eigenvalue weighted by atomic mass is 10.2. The zero-order valence-electron chi connectivity index (χ0n) is 11.9. The molecule has 0 spiro atoms. The molecular weight excluding hydrogens is 256 g/mol. The lowest BCUT2D eigenvalue weighted by molar-refractivity contribution is -0.120. The van der Waals surface area contributed by atoms with E-state index in [1.165, 1.54) is 19.8 Å². The molecule has 0 saturated heterocycles. The van der Waals surface area contributed by atoms with Gasteiger partial charge in [0.1, 0.15) is 6.61 Å². The molecular formula is C15H20N2O3. The molecule has 2 amide bonds. The van der Waals surface area contributed by atoms with E-state index >= 15 is 0 Å². The molecule has 0 unspecified atom stereocenters. The number of hydrogen-bond acceptors (Lipinski definition) is 3. The van der Waals surface area contributed by atoms with E-state index in [-0.39, 0.29) is 18.4 Å². The SMILES string of the molecule is CC(=O)N(C)c1ccc(NC(=O)COCC2CC2)cc1. The van der Waals surface area contributed by atoms with E-state index in [2.05, 4.69) is 5.32 Å². The van der Waals surface area contributed by atoms with Crippen molar-refractivity contribution in [2.75, 3.05) is 30.5 Å². The summed E-state index contributed by atoms with van der Waals surface area (Å²) >= 11 is 0. The van der Waals surface area contributed by atoms with Crippen molar-refractivity contribution in [1.82, 2.24) is 0 Å². The lowest BCUT2D eigenvalue weighted by Gasteiger charge is -2.15. The highest BCUT2D eigenvalue weighted by molar-refractivity contribution is 5.93. The monoisotopic (exact) mass is 276 g/mol. The third-order valence-electron chi connectivity index (χ3n) is 3.29. The summed E-state index contributed by atoms with van der Waals surface area (Å²) in [6, 6.07) is 7.13. The summed E-state index contributed by atoms with van der Waals surface area (Å²) in [7, 11) is 1.71. The van der Waals surface area contributed by atoms with Crippen molar-refractivity contribution in [3.05, 3.63) is 24.3 Å². The highest BCUT2D eigenvalue weighted by Crippen LogP contribution is 2.28. The highest BCUT2D eigenvalue weighted by atomic mass is 16.5. The van der Waals surface area contributed by atoms with Crippen LogP contribution in [-0.2, 0) is 14.3 Å². The van der Waals surface area contributed by atoms with Gasteiger partial charge >= 0.3 is 0 Å². The number of nitrogens with zero attached hydrogens (tertiary/aromatic N) is 1. The van der Waals surface area contributed by atoms with Crippen LogP contribution in [0.3, 0.4) is 0 Å². The van der Waals surface area contributed by atoms with Gasteiger partial charge in [-0.15, -0.1) is 0 Å². The van der Waals surface area contributed by atoms with E-state index < -0.39 is 0 Å². The number of carbonyl (C=O) groups is 2. The molecule has 0 radical (unpaired) electrons. The van der Waals surface area contributed by atoms with E-state index in [4.69, 9.17) is 4.74 Å². The standard InChI is InChI=1S/C15H20N2O3/c1-11(18)17(2)14-7-5-13(6-8-14)16-15(19)10-20-9-12-3-4-12/h5-8,12H,3-4,9-10H2,1-2H3,(H,16,19). The number of amides is 2. The Balaban J connectivity index is 1.79. The second-order valence-electron chi connectivity index (χ2n) is 5.13.